The molecule has 2 aliphatic rings. The predicted octanol–water partition coefficient (Wildman–Crippen LogP) is 2.21. The van der Waals surface area contributed by atoms with Gasteiger partial charge in [-0.2, -0.15) is 0 Å². The SMILES string of the molecule is COC1(C)CC(NC(=O)C2CCCCC2(C)N)C1(C)C. The molecule has 3 N–H and O–H groups in total. The van der Waals surface area contributed by atoms with Gasteiger partial charge in [-0.05, 0) is 33.1 Å². The Bertz CT molecular complexity index is 392. The van der Waals surface area contributed by atoms with Crippen LogP contribution in [0.1, 0.15) is 59.8 Å². The lowest BCUT2D eigenvalue weighted by Crippen LogP contribution is -2.69. The smallest absolute Gasteiger partial charge is 0.225 e. The number of nitrogens with two attached hydrogens (primary N) is 1. The summed E-state index contributed by atoms with van der Waals surface area (Å²) >= 11 is 0. The Morgan fingerprint density at radius 3 is 2.40 bits per heavy atom. The van der Waals surface area contributed by atoms with Gasteiger partial charge in [0.1, 0.15) is 0 Å². The van der Waals surface area contributed by atoms with Crippen molar-refractivity contribution in [3.8, 4) is 0 Å². The quantitative estimate of drug-likeness (QED) is 0.834. The first-order valence-electron chi connectivity index (χ1n) is 7.78. The fourth-order valence-electron chi connectivity index (χ4n) is 3.78. The Kier molecular flexibility index (Phi) is 3.93. The number of carbonyl (C=O) groups is 1. The summed E-state index contributed by atoms with van der Waals surface area (Å²) < 4.78 is 5.61. The minimum Gasteiger partial charge on any atom is -0.378 e. The van der Waals surface area contributed by atoms with Gasteiger partial charge < -0.3 is 15.8 Å². The maximum Gasteiger partial charge on any atom is 0.225 e. The first-order chi connectivity index (χ1) is 9.14. The Balaban J connectivity index is 2.00. The zero-order valence-electron chi connectivity index (χ0n) is 13.6. The normalized spacial score (nSPS) is 43.7. The molecule has 2 saturated carbocycles. The zero-order valence-corrected chi connectivity index (χ0v) is 13.6. The summed E-state index contributed by atoms with van der Waals surface area (Å²) in [6.07, 6.45) is 4.96. The fourth-order valence-corrected chi connectivity index (χ4v) is 3.78. The molecule has 2 aliphatic carbocycles. The van der Waals surface area contributed by atoms with Crippen molar-refractivity contribution in [2.24, 2.45) is 17.1 Å². The lowest BCUT2D eigenvalue weighted by Gasteiger charge is -2.59. The molecule has 0 aromatic rings. The maximum atomic E-state index is 12.6. The van der Waals surface area contributed by atoms with Gasteiger partial charge in [-0.3, -0.25) is 4.79 Å². The van der Waals surface area contributed by atoms with E-state index in [1.807, 2.05) is 6.92 Å². The number of amides is 1. The summed E-state index contributed by atoms with van der Waals surface area (Å²) in [5.41, 5.74) is 5.77. The van der Waals surface area contributed by atoms with Crippen molar-refractivity contribution >= 4 is 5.91 Å². The molecule has 4 heteroatoms. The van der Waals surface area contributed by atoms with Crippen LogP contribution < -0.4 is 11.1 Å². The van der Waals surface area contributed by atoms with Crippen LogP contribution in [0.15, 0.2) is 0 Å². The van der Waals surface area contributed by atoms with Crippen molar-refractivity contribution in [1.29, 1.82) is 0 Å². The highest BCUT2D eigenvalue weighted by Crippen LogP contribution is 2.51. The van der Waals surface area contributed by atoms with E-state index < -0.39 is 0 Å². The largest absolute Gasteiger partial charge is 0.378 e. The van der Waals surface area contributed by atoms with E-state index in [4.69, 9.17) is 10.5 Å². The number of rotatable bonds is 3. The van der Waals surface area contributed by atoms with Crippen LogP contribution in [0.2, 0.25) is 0 Å². The van der Waals surface area contributed by atoms with Gasteiger partial charge in [0, 0.05) is 24.1 Å². The van der Waals surface area contributed by atoms with Crippen molar-refractivity contribution in [2.45, 2.75) is 77.0 Å². The fraction of sp³-hybridized carbons (Fsp3) is 0.938. The molecule has 4 nitrogen and oxygen atoms in total. The van der Waals surface area contributed by atoms with Crippen LogP contribution in [-0.4, -0.2) is 30.2 Å². The van der Waals surface area contributed by atoms with Crippen LogP contribution in [0, 0.1) is 11.3 Å². The summed E-state index contributed by atoms with van der Waals surface area (Å²) in [4.78, 5) is 12.6. The minimum atomic E-state index is -0.360. The van der Waals surface area contributed by atoms with Gasteiger partial charge in [0.15, 0.2) is 0 Å². The minimum absolute atomic E-state index is 0.0446. The van der Waals surface area contributed by atoms with Crippen molar-refractivity contribution in [3.63, 3.8) is 0 Å². The summed E-state index contributed by atoms with van der Waals surface area (Å²) in [7, 11) is 1.75. The Morgan fingerprint density at radius 2 is 1.90 bits per heavy atom. The third kappa shape index (κ3) is 2.37. The Hall–Kier alpha value is -0.610. The molecule has 1 amide bonds. The summed E-state index contributed by atoms with van der Waals surface area (Å²) in [5, 5.41) is 3.22. The van der Waals surface area contributed by atoms with Crippen LogP contribution in [0.5, 0.6) is 0 Å². The van der Waals surface area contributed by atoms with E-state index in [-0.39, 0.29) is 34.4 Å². The van der Waals surface area contributed by atoms with Gasteiger partial charge in [0.05, 0.1) is 11.5 Å². The van der Waals surface area contributed by atoms with E-state index >= 15 is 0 Å². The molecule has 0 aromatic heterocycles. The second-order valence-electron chi connectivity index (χ2n) is 7.73. The molecule has 0 aromatic carbocycles. The number of hydrogen-bond acceptors (Lipinski definition) is 3. The van der Waals surface area contributed by atoms with Crippen LogP contribution >= 0.6 is 0 Å². The first-order valence-corrected chi connectivity index (χ1v) is 7.78. The predicted molar refractivity (Wildman–Crippen MR) is 80.3 cm³/mol. The third-order valence-corrected chi connectivity index (χ3v) is 6.17. The second-order valence-corrected chi connectivity index (χ2v) is 7.73. The number of carbonyl (C=O) groups excluding carboxylic acids is 1. The highest BCUT2D eigenvalue weighted by molar-refractivity contribution is 5.80. The molecule has 0 saturated heterocycles. The third-order valence-electron chi connectivity index (χ3n) is 6.17. The van der Waals surface area contributed by atoms with E-state index in [9.17, 15) is 4.79 Å². The molecular formula is C16H30N2O2. The Labute approximate surface area is 122 Å². The number of nitrogens with one attached hydrogen (secondary N) is 1. The highest BCUT2D eigenvalue weighted by Gasteiger charge is 2.58. The zero-order chi connectivity index (χ0) is 15.2. The van der Waals surface area contributed by atoms with Crippen LogP contribution in [0.25, 0.3) is 0 Å². The summed E-state index contributed by atoms with van der Waals surface area (Å²) in [5.74, 6) is 0.0763. The van der Waals surface area contributed by atoms with E-state index in [0.717, 1.165) is 32.1 Å². The molecule has 116 valence electrons. The van der Waals surface area contributed by atoms with Crippen LogP contribution in [0.3, 0.4) is 0 Å². The van der Waals surface area contributed by atoms with Crippen molar-refractivity contribution in [3.05, 3.63) is 0 Å². The first kappa shape index (κ1) is 15.8. The van der Waals surface area contributed by atoms with E-state index in [2.05, 4.69) is 26.1 Å². The molecule has 0 heterocycles. The van der Waals surface area contributed by atoms with E-state index in [1.54, 1.807) is 7.11 Å². The number of hydrogen-bond donors (Lipinski definition) is 2. The number of ether oxygens (including phenoxy) is 1. The van der Waals surface area contributed by atoms with E-state index in [0.29, 0.717) is 0 Å². The average molecular weight is 282 g/mol. The monoisotopic (exact) mass is 282 g/mol. The van der Waals surface area contributed by atoms with Gasteiger partial charge in [-0.15, -0.1) is 0 Å². The molecule has 2 fully saturated rings. The maximum absolute atomic E-state index is 12.6. The molecular weight excluding hydrogens is 252 g/mol. The van der Waals surface area contributed by atoms with Gasteiger partial charge in [-0.1, -0.05) is 26.7 Å². The molecule has 20 heavy (non-hydrogen) atoms. The lowest BCUT2D eigenvalue weighted by molar-refractivity contribution is -0.183. The van der Waals surface area contributed by atoms with Gasteiger partial charge in [-0.25, -0.2) is 0 Å². The molecule has 2 rings (SSSR count). The molecule has 0 aliphatic heterocycles. The number of methoxy groups -OCH3 is 1. The van der Waals surface area contributed by atoms with Crippen molar-refractivity contribution < 1.29 is 9.53 Å². The molecule has 0 bridgehead atoms. The van der Waals surface area contributed by atoms with Crippen molar-refractivity contribution in [2.75, 3.05) is 7.11 Å². The standard InChI is InChI=1S/C16H30N2O2/c1-14(2)12(10-16(14,4)20-5)18-13(19)11-8-6-7-9-15(11,3)17/h11-12H,6-10,17H2,1-5H3,(H,18,19). The average Bonchev–Trinajstić information content (AvgIpc) is 2.37. The summed E-state index contributed by atoms with van der Waals surface area (Å²) in [6.45, 7) is 8.45. The Morgan fingerprint density at radius 1 is 1.25 bits per heavy atom. The molecule has 0 spiro atoms. The van der Waals surface area contributed by atoms with Crippen LogP contribution in [0.4, 0.5) is 0 Å². The molecule has 0 radical (unpaired) electrons. The van der Waals surface area contributed by atoms with Gasteiger partial charge in [0.25, 0.3) is 0 Å². The van der Waals surface area contributed by atoms with E-state index in [1.165, 1.54) is 0 Å². The van der Waals surface area contributed by atoms with Crippen molar-refractivity contribution in [1.82, 2.24) is 5.32 Å². The second kappa shape index (κ2) is 4.99. The topological polar surface area (TPSA) is 64.3 Å². The molecule has 4 atom stereocenters. The molecule has 4 unspecified atom stereocenters. The van der Waals surface area contributed by atoms with Gasteiger partial charge in [0.2, 0.25) is 5.91 Å². The van der Waals surface area contributed by atoms with Crippen LogP contribution in [-0.2, 0) is 9.53 Å². The summed E-state index contributed by atoms with van der Waals surface area (Å²) in [6, 6.07) is 0.178. The lowest BCUT2D eigenvalue weighted by atomic mass is 9.55. The highest BCUT2D eigenvalue weighted by atomic mass is 16.5. The van der Waals surface area contributed by atoms with Gasteiger partial charge >= 0.3 is 0 Å².